The highest BCUT2D eigenvalue weighted by atomic mass is 15.3. The molecule has 1 aliphatic rings. The topological polar surface area (TPSA) is 43.8 Å². The molecule has 0 spiro atoms. The van der Waals surface area contributed by atoms with Crippen molar-refractivity contribution in [2.45, 2.75) is 45.2 Å². The molecule has 13 heavy (non-hydrogen) atoms. The minimum absolute atomic E-state index is 0.219. The van der Waals surface area contributed by atoms with Crippen molar-refractivity contribution in [3.63, 3.8) is 0 Å². The molecule has 2 rings (SSSR count). The van der Waals surface area contributed by atoms with E-state index >= 15 is 0 Å². The first-order valence-electron chi connectivity index (χ1n) is 5.02. The van der Waals surface area contributed by atoms with Crippen LogP contribution in [0.25, 0.3) is 0 Å². The summed E-state index contributed by atoms with van der Waals surface area (Å²) in [6.07, 6.45) is 5.51. The molecule has 0 amide bonds. The van der Waals surface area contributed by atoms with Gasteiger partial charge < -0.3 is 5.73 Å². The van der Waals surface area contributed by atoms with Crippen LogP contribution in [0.2, 0.25) is 0 Å². The van der Waals surface area contributed by atoms with E-state index in [0.717, 1.165) is 12.8 Å². The third-order valence-electron chi connectivity index (χ3n) is 2.70. The van der Waals surface area contributed by atoms with E-state index in [-0.39, 0.29) is 6.04 Å². The Morgan fingerprint density at radius 1 is 1.62 bits per heavy atom. The fourth-order valence-electron chi connectivity index (χ4n) is 1.86. The fraction of sp³-hybridized carbons (Fsp3) is 0.700. The number of hydrogen-bond acceptors (Lipinski definition) is 2. The zero-order chi connectivity index (χ0) is 9.42. The molecular formula is C10H17N3. The van der Waals surface area contributed by atoms with Gasteiger partial charge in [0.15, 0.2) is 0 Å². The second kappa shape index (κ2) is 3.14. The van der Waals surface area contributed by atoms with Crippen LogP contribution < -0.4 is 5.73 Å². The Morgan fingerprint density at radius 2 is 2.38 bits per heavy atom. The molecule has 1 aromatic heterocycles. The number of nitrogens with zero attached hydrogens (tertiary/aromatic N) is 2. The van der Waals surface area contributed by atoms with E-state index in [1.807, 2.05) is 4.68 Å². The van der Waals surface area contributed by atoms with Crippen LogP contribution in [-0.4, -0.2) is 9.78 Å². The molecule has 0 bridgehead atoms. The van der Waals surface area contributed by atoms with E-state index in [0.29, 0.717) is 6.04 Å². The van der Waals surface area contributed by atoms with E-state index in [9.17, 15) is 0 Å². The molecule has 1 atom stereocenters. The molecule has 72 valence electrons. The lowest BCUT2D eigenvalue weighted by molar-refractivity contribution is 0.523. The largest absolute Gasteiger partial charge is 0.324 e. The van der Waals surface area contributed by atoms with Gasteiger partial charge in [0, 0.05) is 23.8 Å². The van der Waals surface area contributed by atoms with Gasteiger partial charge >= 0.3 is 0 Å². The molecule has 0 aliphatic heterocycles. The van der Waals surface area contributed by atoms with E-state index in [1.165, 1.54) is 17.7 Å². The van der Waals surface area contributed by atoms with Crippen molar-refractivity contribution < 1.29 is 0 Å². The second-order valence-corrected chi connectivity index (χ2v) is 4.10. The highest BCUT2D eigenvalue weighted by molar-refractivity contribution is 5.23. The lowest BCUT2D eigenvalue weighted by Crippen LogP contribution is -2.15. The first-order chi connectivity index (χ1) is 6.18. The molecule has 3 heteroatoms. The Labute approximate surface area is 78.9 Å². The Kier molecular flexibility index (Phi) is 2.12. The molecule has 0 fully saturated rings. The van der Waals surface area contributed by atoms with Gasteiger partial charge in [0.05, 0.1) is 5.69 Å². The predicted octanol–water partition coefficient (Wildman–Crippen LogP) is 1.80. The first-order valence-corrected chi connectivity index (χ1v) is 5.02. The second-order valence-electron chi connectivity index (χ2n) is 4.10. The minimum Gasteiger partial charge on any atom is -0.324 e. The smallest absolute Gasteiger partial charge is 0.0672 e. The van der Waals surface area contributed by atoms with Gasteiger partial charge in [-0.2, -0.15) is 5.10 Å². The molecule has 0 saturated heterocycles. The number of aromatic nitrogens is 2. The number of nitrogens with two attached hydrogens (primary N) is 1. The highest BCUT2D eigenvalue weighted by Gasteiger charge is 2.20. The summed E-state index contributed by atoms with van der Waals surface area (Å²) < 4.78 is 2.02. The summed E-state index contributed by atoms with van der Waals surface area (Å²) in [4.78, 5) is 0. The number of rotatable bonds is 1. The molecule has 1 heterocycles. The zero-order valence-electron chi connectivity index (χ0n) is 8.33. The monoisotopic (exact) mass is 179 g/mol. The Morgan fingerprint density at radius 3 is 3.00 bits per heavy atom. The van der Waals surface area contributed by atoms with Crippen molar-refractivity contribution in [3.05, 3.63) is 17.5 Å². The number of fused-ring (bicyclic) bond motifs is 1. The van der Waals surface area contributed by atoms with Gasteiger partial charge in [-0.25, -0.2) is 0 Å². The Hall–Kier alpha value is -0.830. The van der Waals surface area contributed by atoms with Crippen molar-refractivity contribution in [3.8, 4) is 0 Å². The van der Waals surface area contributed by atoms with Crippen molar-refractivity contribution in [1.82, 2.24) is 9.78 Å². The van der Waals surface area contributed by atoms with Gasteiger partial charge in [0.1, 0.15) is 0 Å². The predicted molar refractivity (Wildman–Crippen MR) is 52.5 cm³/mol. The molecule has 1 aliphatic carbocycles. The fourth-order valence-corrected chi connectivity index (χ4v) is 1.86. The molecule has 1 aromatic rings. The zero-order valence-corrected chi connectivity index (χ0v) is 8.33. The summed E-state index contributed by atoms with van der Waals surface area (Å²) in [5, 5.41) is 4.54. The maximum atomic E-state index is 6.01. The summed E-state index contributed by atoms with van der Waals surface area (Å²) in [7, 11) is 0. The standard InChI is InChI=1S/C10H17N3/c1-7(2)13-6-8-9(11)4-3-5-10(8)12-13/h6-7,9H,3-5,11H2,1-2H3. The van der Waals surface area contributed by atoms with Crippen LogP contribution in [0.4, 0.5) is 0 Å². The summed E-state index contributed by atoms with van der Waals surface area (Å²) in [5.74, 6) is 0. The van der Waals surface area contributed by atoms with E-state index in [2.05, 4.69) is 25.1 Å². The van der Waals surface area contributed by atoms with Gasteiger partial charge in [-0.05, 0) is 33.1 Å². The first kappa shape index (κ1) is 8.75. The van der Waals surface area contributed by atoms with Gasteiger partial charge in [-0.15, -0.1) is 0 Å². The molecule has 2 N–H and O–H groups in total. The average Bonchev–Trinajstić information content (AvgIpc) is 2.49. The van der Waals surface area contributed by atoms with Crippen LogP contribution in [0, 0.1) is 0 Å². The van der Waals surface area contributed by atoms with E-state index < -0.39 is 0 Å². The summed E-state index contributed by atoms with van der Waals surface area (Å²) >= 11 is 0. The molecule has 0 aromatic carbocycles. The van der Waals surface area contributed by atoms with Crippen LogP contribution in [0.1, 0.15) is 50.0 Å². The lowest BCUT2D eigenvalue weighted by Gasteiger charge is -2.16. The summed E-state index contributed by atoms with van der Waals surface area (Å²) in [6, 6.07) is 0.661. The van der Waals surface area contributed by atoms with Crippen LogP contribution in [-0.2, 0) is 6.42 Å². The van der Waals surface area contributed by atoms with Gasteiger partial charge in [0.2, 0.25) is 0 Å². The van der Waals surface area contributed by atoms with Gasteiger partial charge in [-0.3, -0.25) is 4.68 Å². The van der Waals surface area contributed by atoms with Crippen molar-refractivity contribution in [2.24, 2.45) is 5.73 Å². The average molecular weight is 179 g/mol. The van der Waals surface area contributed by atoms with Crippen LogP contribution in [0.3, 0.4) is 0 Å². The van der Waals surface area contributed by atoms with E-state index in [4.69, 9.17) is 5.73 Å². The Balaban J connectivity index is 2.36. The molecule has 0 saturated carbocycles. The van der Waals surface area contributed by atoms with Crippen LogP contribution in [0.15, 0.2) is 6.20 Å². The third-order valence-corrected chi connectivity index (χ3v) is 2.70. The Bertz CT molecular complexity index is 301. The van der Waals surface area contributed by atoms with Gasteiger partial charge in [0.25, 0.3) is 0 Å². The van der Waals surface area contributed by atoms with Crippen LogP contribution >= 0.6 is 0 Å². The van der Waals surface area contributed by atoms with Crippen molar-refractivity contribution in [2.75, 3.05) is 0 Å². The highest BCUT2D eigenvalue weighted by Crippen LogP contribution is 2.27. The van der Waals surface area contributed by atoms with Crippen LogP contribution in [0.5, 0.6) is 0 Å². The summed E-state index contributed by atoms with van der Waals surface area (Å²) in [5.41, 5.74) is 8.49. The molecule has 3 nitrogen and oxygen atoms in total. The normalized spacial score (nSPS) is 22.0. The maximum Gasteiger partial charge on any atom is 0.0672 e. The lowest BCUT2D eigenvalue weighted by atomic mass is 9.94. The third kappa shape index (κ3) is 1.48. The van der Waals surface area contributed by atoms with Gasteiger partial charge in [-0.1, -0.05) is 0 Å². The SMILES string of the molecule is CC(C)n1cc2c(n1)CCCC2N. The van der Waals surface area contributed by atoms with E-state index in [1.54, 1.807) is 0 Å². The maximum absolute atomic E-state index is 6.01. The van der Waals surface area contributed by atoms with Crippen molar-refractivity contribution in [1.29, 1.82) is 0 Å². The number of hydrogen-bond donors (Lipinski definition) is 1. The van der Waals surface area contributed by atoms with Crippen molar-refractivity contribution >= 4 is 0 Å². The quantitative estimate of drug-likeness (QED) is 0.714. The summed E-state index contributed by atoms with van der Waals surface area (Å²) in [6.45, 7) is 4.29. The number of aryl methyl sites for hydroxylation is 1. The molecular weight excluding hydrogens is 162 g/mol. The molecule has 1 unspecified atom stereocenters. The minimum atomic E-state index is 0.219. The molecule has 0 radical (unpaired) electrons.